The van der Waals surface area contributed by atoms with E-state index in [0.717, 1.165) is 0 Å². The van der Waals surface area contributed by atoms with E-state index >= 15 is 0 Å². The molecule has 3 aromatic carbocycles. The van der Waals surface area contributed by atoms with Crippen LogP contribution in [0, 0.1) is 0 Å². The summed E-state index contributed by atoms with van der Waals surface area (Å²) in [4.78, 5) is 12.5. The van der Waals surface area contributed by atoms with Crippen LogP contribution < -0.4 is 9.62 Å². The van der Waals surface area contributed by atoms with Crippen molar-refractivity contribution in [3.8, 4) is 0 Å². The summed E-state index contributed by atoms with van der Waals surface area (Å²) in [5.41, 5.74) is 1.35. The van der Waals surface area contributed by atoms with Gasteiger partial charge in [-0.1, -0.05) is 35.9 Å². The number of benzene rings is 3. The minimum absolute atomic E-state index is 0.0395. The number of hydrogen-bond acceptors (Lipinski definition) is 3. The summed E-state index contributed by atoms with van der Waals surface area (Å²) in [6.07, 6.45) is 0. The fourth-order valence-corrected chi connectivity index (χ4v) is 3.84. The molecule has 0 aliphatic rings. The highest BCUT2D eigenvalue weighted by molar-refractivity contribution is 7.92. The maximum Gasteiger partial charge on any atom is 0.264 e. The zero-order chi connectivity index (χ0) is 19.4. The van der Waals surface area contributed by atoms with Crippen molar-refractivity contribution in [1.82, 2.24) is 0 Å². The second kappa shape index (κ2) is 7.82. The third-order valence-corrected chi connectivity index (χ3v) is 6.01. The first-order valence-electron chi connectivity index (χ1n) is 8.09. The van der Waals surface area contributed by atoms with Crippen LogP contribution >= 0.6 is 11.6 Å². The zero-order valence-corrected chi connectivity index (χ0v) is 16.0. The summed E-state index contributed by atoms with van der Waals surface area (Å²) in [5, 5.41) is 3.28. The van der Waals surface area contributed by atoms with Crippen molar-refractivity contribution in [2.24, 2.45) is 0 Å². The number of carbonyl (C=O) groups is 1. The highest BCUT2D eigenvalue weighted by Crippen LogP contribution is 2.23. The topological polar surface area (TPSA) is 66.5 Å². The van der Waals surface area contributed by atoms with Gasteiger partial charge in [0, 0.05) is 23.3 Å². The molecule has 0 spiro atoms. The predicted octanol–water partition coefficient (Wildman–Crippen LogP) is 4.42. The van der Waals surface area contributed by atoms with E-state index in [2.05, 4.69) is 5.32 Å². The summed E-state index contributed by atoms with van der Waals surface area (Å²) >= 11 is 5.83. The molecule has 0 atom stereocenters. The molecule has 27 heavy (non-hydrogen) atoms. The van der Waals surface area contributed by atoms with Crippen LogP contribution in [0.4, 0.5) is 11.4 Å². The van der Waals surface area contributed by atoms with Gasteiger partial charge < -0.3 is 5.32 Å². The summed E-state index contributed by atoms with van der Waals surface area (Å²) in [6.45, 7) is 0. The van der Waals surface area contributed by atoms with Crippen LogP contribution in [-0.2, 0) is 10.0 Å². The third kappa shape index (κ3) is 4.30. The summed E-state index contributed by atoms with van der Waals surface area (Å²) < 4.78 is 26.9. The fraction of sp³-hybridized carbons (Fsp3) is 0.0500. The van der Waals surface area contributed by atoms with Gasteiger partial charge in [0.2, 0.25) is 0 Å². The molecular formula is C20H17ClN2O3S. The minimum atomic E-state index is -3.79. The molecule has 0 aromatic heterocycles. The molecule has 0 aliphatic carbocycles. The number of amides is 1. The van der Waals surface area contributed by atoms with Crippen LogP contribution in [0.15, 0.2) is 83.8 Å². The highest BCUT2D eigenvalue weighted by atomic mass is 35.5. The summed E-state index contributed by atoms with van der Waals surface area (Å²) in [5.74, 6) is -0.406. The van der Waals surface area contributed by atoms with Gasteiger partial charge in [0.25, 0.3) is 15.9 Å². The van der Waals surface area contributed by atoms with Gasteiger partial charge in [0.05, 0.1) is 10.6 Å². The number of nitrogens with one attached hydrogen (secondary N) is 1. The monoisotopic (exact) mass is 400 g/mol. The van der Waals surface area contributed by atoms with E-state index in [1.165, 1.54) is 23.5 Å². The number of rotatable bonds is 5. The predicted molar refractivity (Wildman–Crippen MR) is 108 cm³/mol. The van der Waals surface area contributed by atoms with Crippen LogP contribution in [0.25, 0.3) is 0 Å². The minimum Gasteiger partial charge on any atom is -0.322 e. The Bertz CT molecular complexity index is 1050. The van der Waals surface area contributed by atoms with Crippen molar-refractivity contribution < 1.29 is 13.2 Å². The Morgan fingerprint density at radius 3 is 2.26 bits per heavy atom. The molecule has 5 nitrogen and oxygen atoms in total. The maximum atomic E-state index is 12.9. The van der Waals surface area contributed by atoms with Gasteiger partial charge in [-0.25, -0.2) is 8.42 Å². The molecule has 0 radical (unpaired) electrons. The summed E-state index contributed by atoms with van der Waals surface area (Å²) in [6, 6.07) is 21.3. The summed E-state index contributed by atoms with van der Waals surface area (Å²) in [7, 11) is -2.31. The van der Waals surface area contributed by atoms with Gasteiger partial charge in [-0.3, -0.25) is 9.10 Å². The molecule has 1 amide bonds. The van der Waals surface area contributed by atoms with Gasteiger partial charge in [-0.05, 0) is 54.6 Å². The van der Waals surface area contributed by atoms with E-state index < -0.39 is 15.9 Å². The lowest BCUT2D eigenvalue weighted by Gasteiger charge is -2.19. The van der Waals surface area contributed by atoms with Crippen LogP contribution in [0.5, 0.6) is 0 Å². The Morgan fingerprint density at radius 1 is 0.926 bits per heavy atom. The van der Waals surface area contributed by atoms with Crippen molar-refractivity contribution in [3.63, 3.8) is 0 Å². The molecule has 0 heterocycles. The van der Waals surface area contributed by atoms with Crippen molar-refractivity contribution in [3.05, 3.63) is 89.4 Å². The fourth-order valence-electron chi connectivity index (χ4n) is 2.47. The Kier molecular flexibility index (Phi) is 5.48. The number of carbonyl (C=O) groups excluding carboxylic acids is 1. The molecule has 1 N–H and O–H groups in total. The first kappa shape index (κ1) is 18.9. The van der Waals surface area contributed by atoms with Crippen LogP contribution in [0.1, 0.15) is 10.4 Å². The van der Waals surface area contributed by atoms with Crippen molar-refractivity contribution in [2.75, 3.05) is 16.7 Å². The Morgan fingerprint density at radius 2 is 1.59 bits per heavy atom. The van der Waals surface area contributed by atoms with E-state index in [-0.39, 0.29) is 10.5 Å². The largest absolute Gasteiger partial charge is 0.322 e. The number of hydrogen-bond donors (Lipinski definition) is 1. The first-order valence-corrected chi connectivity index (χ1v) is 9.91. The van der Waals surface area contributed by atoms with Gasteiger partial charge in [-0.2, -0.15) is 0 Å². The van der Waals surface area contributed by atoms with Crippen LogP contribution in [0.2, 0.25) is 5.02 Å². The molecule has 0 fully saturated rings. The van der Waals surface area contributed by atoms with Gasteiger partial charge >= 0.3 is 0 Å². The lowest BCUT2D eigenvalue weighted by molar-refractivity contribution is 0.102. The SMILES string of the molecule is CN(c1ccccc1)S(=O)(=O)c1cccc(C(=O)Nc2ccc(Cl)cc2)c1. The molecule has 138 valence electrons. The number of nitrogens with zero attached hydrogens (tertiary/aromatic N) is 1. The Hall–Kier alpha value is -2.83. The lowest BCUT2D eigenvalue weighted by Crippen LogP contribution is -2.26. The molecule has 0 aliphatic heterocycles. The van der Waals surface area contributed by atoms with Gasteiger partial charge in [0.15, 0.2) is 0 Å². The molecule has 0 bridgehead atoms. The first-order chi connectivity index (χ1) is 12.9. The zero-order valence-electron chi connectivity index (χ0n) is 14.5. The molecule has 3 aromatic rings. The van der Waals surface area contributed by atoms with E-state index in [1.807, 2.05) is 6.07 Å². The average Bonchev–Trinajstić information content (AvgIpc) is 2.70. The molecule has 7 heteroatoms. The van der Waals surface area contributed by atoms with E-state index in [1.54, 1.807) is 60.7 Å². The Labute approximate surface area is 163 Å². The van der Waals surface area contributed by atoms with Crippen LogP contribution in [0.3, 0.4) is 0 Å². The number of para-hydroxylation sites is 1. The van der Waals surface area contributed by atoms with E-state index in [9.17, 15) is 13.2 Å². The van der Waals surface area contributed by atoms with E-state index in [0.29, 0.717) is 16.4 Å². The number of sulfonamides is 1. The molecule has 3 rings (SSSR count). The van der Waals surface area contributed by atoms with Crippen LogP contribution in [-0.4, -0.2) is 21.4 Å². The maximum absolute atomic E-state index is 12.9. The molecule has 0 unspecified atom stereocenters. The van der Waals surface area contributed by atoms with Crippen molar-refractivity contribution >= 4 is 38.9 Å². The number of anilines is 2. The van der Waals surface area contributed by atoms with E-state index in [4.69, 9.17) is 11.6 Å². The lowest BCUT2D eigenvalue weighted by atomic mass is 10.2. The number of halogens is 1. The average molecular weight is 401 g/mol. The standard InChI is InChI=1S/C20H17ClN2O3S/c1-23(18-7-3-2-4-8-18)27(25,26)19-9-5-6-15(14-19)20(24)22-17-12-10-16(21)11-13-17/h2-14H,1H3,(H,22,24). The molecule has 0 saturated heterocycles. The van der Waals surface area contributed by atoms with Crippen molar-refractivity contribution in [2.45, 2.75) is 4.90 Å². The Balaban J connectivity index is 1.86. The van der Waals surface area contributed by atoms with Crippen molar-refractivity contribution in [1.29, 1.82) is 0 Å². The molecular weight excluding hydrogens is 384 g/mol. The molecule has 0 saturated carbocycles. The smallest absolute Gasteiger partial charge is 0.264 e. The highest BCUT2D eigenvalue weighted by Gasteiger charge is 2.22. The third-order valence-electron chi connectivity index (χ3n) is 3.98. The second-order valence-corrected chi connectivity index (χ2v) is 8.20. The normalized spacial score (nSPS) is 11.0. The quantitative estimate of drug-likeness (QED) is 0.689. The van der Waals surface area contributed by atoms with Gasteiger partial charge in [0.1, 0.15) is 0 Å². The van der Waals surface area contributed by atoms with Gasteiger partial charge in [-0.15, -0.1) is 0 Å². The second-order valence-electron chi connectivity index (χ2n) is 5.80.